The summed E-state index contributed by atoms with van der Waals surface area (Å²) >= 11 is 0. The maximum Gasteiger partial charge on any atom is 0.455 e. The predicted molar refractivity (Wildman–Crippen MR) is 60.0 cm³/mol. The number of halogens is 7. The van der Waals surface area contributed by atoms with Gasteiger partial charge >= 0.3 is 12.1 Å². The van der Waals surface area contributed by atoms with E-state index in [0.29, 0.717) is 0 Å². The van der Waals surface area contributed by atoms with E-state index in [1.807, 2.05) is 0 Å². The van der Waals surface area contributed by atoms with Crippen molar-refractivity contribution in [3.63, 3.8) is 0 Å². The van der Waals surface area contributed by atoms with Gasteiger partial charge in [0.05, 0.1) is 12.6 Å². The lowest BCUT2D eigenvalue weighted by molar-refractivity contribution is -0.297. The Labute approximate surface area is 115 Å². The van der Waals surface area contributed by atoms with Gasteiger partial charge in [0.1, 0.15) is 6.61 Å². The van der Waals surface area contributed by atoms with Crippen molar-refractivity contribution >= 4 is 0 Å². The van der Waals surface area contributed by atoms with Crippen LogP contribution in [0.4, 0.5) is 30.7 Å². The van der Waals surface area contributed by atoms with E-state index in [-0.39, 0.29) is 5.56 Å². The molecule has 1 rings (SSSR count). The van der Waals surface area contributed by atoms with Crippen LogP contribution in [0, 0.1) is 11.6 Å². The molecule has 0 fully saturated rings. The fourth-order valence-electron chi connectivity index (χ4n) is 1.51. The molecule has 0 radical (unpaired) electrons. The Hall–Kier alpha value is -1.35. The lowest BCUT2D eigenvalue weighted by atomic mass is 10.1. The van der Waals surface area contributed by atoms with Gasteiger partial charge in [-0.2, -0.15) is 22.0 Å². The predicted octanol–water partition coefficient (Wildman–Crippen LogP) is 3.44. The molecule has 2 nitrogen and oxygen atoms in total. The first-order valence-corrected chi connectivity index (χ1v) is 5.73. The molecule has 0 saturated carbocycles. The normalized spacial score (nSPS) is 14.3. The van der Waals surface area contributed by atoms with E-state index in [1.165, 1.54) is 19.2 Å². The van der Waals surface area contributed by atoms with E-state index in [2.05, 4.69) is 10.1 Å². The minimum Gasteiger partial charge on any atom is -0.373 e. The van der Waals surface area contributed by atoms with Gasteiger partial charge in [-0.3, -0.25) is 0 Å². The Morgan fingerprint density at radius 1 is 1.14 bits per heavy atom. The summed E-state index contributed by atoms with van der Waals surface area (Å²) in [6.45, 7) is -2.58. The molecule has 1 unspecified atom stereocenters. The molecule has 0 aromatic heterocycles. The molecule has 0 amide bonds. The molecule has 1 atom stereocenters. The topological polar surface area (TPSA) is 21.3 Å². The van der Waals surface area contributed by atoms with Gasteiger partial charge in [0.15, 0.2) is 11.6 Å². The van der Waals surface area contributed by atoms with E-state index in [0.717, 1.165) is 6.07 Å². The standard InChI is InChI=1S/C12H12F7NO/c1-20-9(7-3-2-4-8(13)10(7)14)5-21-6-11(15,16)12(17,18)19/h2-4,9,20H,5-6H2,1H3. The van der Waals surface area contributed by atoms with Gasteiger partial charge in [0.25, 0.3) is 0 Å². The number of nitrogens with one attached hydrogen (secondary N) is 1. The summed E-state index contributed by atoms with van der Waals surface area (Å²) in [5, 5.41) is 2.45. The van der Waals surface area contributed by atoms with E-state index < -0.39 is 43.0 Å². The van der Waals surface area contributed by atoms with Crippen LogP contribution in [0.25, 0.3) is 0 Å². The van der Waals surface area contributed by atoms with Crippen molar-refractivity contribution in [3.05, 3.63) is 35.4 Å². The van der Waals surface area contributed by atoms with Crippen molar-refractivity contribution in [1.82, 2.24) is 5.32 Å². The van der Waals surface area contributed by atoms with Gasteiger partial charge in [0, 0.05) is 5.56 Å². The first-order chi connectivity index (χ1) is 9.60. The van der Waals surface area contributed by atoms with E-state index in [4.69, 9.17) is 0 Å². The van der Waals surface area contributed by atoms with Crippen molar-refractivity contribution < 1.29 is 35.5 Å². The molecule has 0 aliphatic heterocycles. The summed E-state index contributed by atoms with van der Waals surface area (Å²) in [6, 6.07) is 2.14. The summed E-state index contributed by atoms with van der Waals surface area (Å²) in [5.74, 6) is -7.39. The lowest BCUT2D eigenvalue weighted by Crippen LogP contribution is -2.41. The Morgan fingerprint density at radius 2 is 1.76 bits per heavy atom. The second-order valence-corrected chi connectivity index (χ2v) is 4.20. The Balaban J connectivity index is 2.70. The van der Waals surface area contributed by atoms with Gasteiger partial charge in [-0.15, -0.1) is 0 Å². The van der Waals surface area contributed by atoms with Gasteiger partial charge in [-0.1, -0.05) is 12.1 Å². The molecule has 0 spiro atoms. The first-order valence-electron chi connectivity index (χ1n) is 5.73. The van der Waals surface area contributed by atoms with Gasteiger partial charge in [-0.25, -0.2) is 8.78 Å². The second-order valence-electron chi connectivity index (χ2n) is 4.20. The van der Waals surface area contributed by atoms with Crippen LogP contribution in [0.3, 0.4) is 0 Å². The fraction of sp³-hybridized carbons (Fsp3) is 0.500. The molecule has 0 aliphatic rings. The molecular formula is C12H12F7NO. The molecule has 120 valence electrons. The molecule has 0 aliphatic carbocycles. The van der Waals surface area contributed by atoms with Crippen molar-refractivity contribution in [2.45, 2.75) is 18.1 Å². The van der Waals surface area contributed by atoms with Crippen molar-refractivity contribution in [2.24, 2.45) is 0 Å². The molecule has 0 saturated heterocycles. The summed E-state index contributed by atoms with van der Waals surface area (Å²) in [5.41, 5.74) is -0.229. The Kier molecular flexibility index (Phi) is 5.57. The third kappa shape index (κ3) is 4.31. The SMILES string of the molecule is CNC(COCC(F)(F)C(F)(F)F)c1cccc(F)c1F. The zero-order chi connectivity index (χ0) is 16.3. The fourth-order valence-corrected chi connectivity index (χ4v) is 1.51. The average molecular weight is 319 g/mol. The Morgan fingerprint density at radius 3 is 2.29 bits per heavy atom. The zero-order valence-corrected chi connectivity index (χ0v) is 10.8. The highest BCUT2D eigenvalue weighted by Gasteiger charge is 2.57. The number of likely N-dealkylation sites (N-methyl/N-ethyl adjacent to an activating group) is 1. The minimum absolute atomic E-state index is 0.229. The van der Waals surface area contributed by atoms with Gasteiger partial charge in [-0.05, 0) is 13.1 Å². The van der Waals surface area contributed by atoms with Crippen LogP contribution in [-0.2, 0) is 4.74 Å². The minimum atomic E-state index is -5.73. The first kappa shape index (κ1) is 17.7. The number of hydrogen-bond acceptors (Lipinski definition) is 2. The van der Waals surface area contributed by atoms with Crippen molar-refractivity contribution in [2.75, 3.05) is 20.3 Å². The smallest absolute Gasteiger partial charge is 0.373 e. The van der Waals surface area contributed by atoms with Crippen LogP contribution in [-0.4, -0.2) is 32.4 Å². The highest BCUT2D eigenvalue weighted by Crippen LogP contribution is 2.35. The zero-order valence-electron chi connectivity index (χ0n) is 10.8. The van der Waals surface area contributed by atoms with Crippen LogP contribution in [0.2, 0.25) is 0 Å². The lowest BCUT2D eigenvalue weighted by Gasteiger charge is -2.22. The number of ether oxygens (including phenoxy) is 1. The molecule has 21 heavy (non-hydrogen) atoms. The van der Waals surface area contributed by atoms with Gasteiger partial charge in [0.2, 0.25) is 0 Å². The number of benzene rings is 1. The number of alkyl halides is 5. The van der Waals surface area contributed by atoms with Crippen LogP contribution in [0.5, 0.6) is 0 Å². The molecule has 1 N–H and O–H groups in total. The quantitative estimate of drug-likeness (QED) is 0.811. The second kappa shape index (κ2) is 6.61. The van der Waals surface area contributed by atoms with E-state index >= 15 is 0 Å². The summed E-state index contributed by atoms with van der Waals surface area (Å²) in [4.78, 5) is 0. The van der Waals surface area contributed by atoms with E-state index in [1.54, 1.807) is 0 Å². The Bertz CT molecular complexity index is 475. The largest absolute Gasteiger partial charge is 0.455 e. The summed E-state index contributed by atoms with van der Waals surface area (Å²) < 4.78 is 91.9. The van der Waals surface area contributed by atoms with Crippen LogP contribution >= 0.6 is 0 Å². The summed E-state index contributed by atoms with van der Waals surface area (Å²) in [6.07, 6.45) is -5.73. The highest BCUT2D eigenvalue weighted by atomic mass is 19.4. The number of hydrogen-bond donors (Lipinski definition) is 1. The molecule has 9 heteroatoms. The maximum absolute atomic E-state index is 13.5. The van der Waals surface area contributed by atoms with E-state index in [9.17, 15) is 30.7 Å². The van der Waals surface area contributed by atoms with Crippen molar-refractivity contribution in [1.29, 1.82) is 0 Å². The molecule has 0 bridgehead atoms. The molecule has 1 aromatic carbocycles. The van der Waals surface area contributed by atoms with Crippen molar-refractivity contribution in [3.8, 4) is 0 Å². The van der Waals surface area contributed by atoms with Crippen LogP contribution < -0.4 is 5.32 Å². The molecular weight excluding hydrogens is 307 g/mol. The monoisotopic (exact) mass is 319 g/mol. The van der Waals surface area contributed by atoms with Crippen LogP contribution in [0.15, 0.2) is 18.2 Å². The van der Waals surface area contributed by atoms with Crippen LogP contribution in [0.1, 0.15) is 11.6 Å². The third-order valence-corrected chi connectivity index (χ3v) is 2.69. The maximum atomic E-state index is 13.5. The summed E-state index contributed by atoms with van der Waals surface area (Å²) in [7, 11) is 1.31. The molecule has 0 heterocycles. The number of rotatable bonds is 6. The third-order valence-electron chi connectivity index (χ3n) is 2.69. The molecule has 1 aromatic rings. The highest BCUT2D eigenvalue weighted by molar-refractivity contribution is 5.22. The average Bonchev–Trinajstić information content (AvgIpc) is 2.37. The van der Waals surface area contributed by atoms with Gasteiger partial charge < -0.3 is 10.1 Å².